The summed E-state index contributed by atoms with van der Waals surface area (Å²) in [6.07, 6.45) is 5.41. The summed E-state index contributed by atoms with van der Waals surface area (Å²) in [4.78, 5) is 14.8. The van der Waals surface area contributed by atoms with Crippen molar-refractivity contribution in [3.05, 3.63) is 59.5 Å². The molecule has 0 saturated carbocycles. The number of nitrogens with zero attached hydrogens (tertiary/aromatic N) is 1. The smallest absolute Gasteiger partial charge is 0.251 e. The minimum Gasteiger partial charge on any atom is -0.468 e. The van der Waals surface area contributed by atoms with Crippen molar-refractivity contribution >= 4 is 5.91 Å². The molecule has 2 heterocycles. The summed E-state index contributed by atoms with van der Waals surface area (Å²) in [6.45, 7) is 4.69. The molecule has 0 bridgehead atoms. The van der Waals surface area contributed by atoms with Gasteiger partial charge in [0.25, 0.3) is 5.91 Å². The van der Waals surface area contributed by atoms with Crippen LogP contribution in [0.5, 0.6) is 0 Å². The number of rotatable bonds is 5. The van der Waals surface area contributed by atoms with Gasteiger partial charge >= 0.3 is 0 Å². The highest BCUT2D eigenvalue weighted by Crippen LogP contribution is 2.24. The van der Waals surface area contributed by atoms with Crippen molar-refractivity contribution in [2.45, 2.75) is 32.2 Å². The van der Waals surface area contributed by atoms with E-state index in [1.165, 1.54) is 19.3 Å². The highest BCUT2D eigenvalue weighted by atomic mass is 16.3. The highest BCUT2D eigenvalue weighted by molar-refractivity contribution is 5.94. The maximum Gasteiger partial charge on any atom is 0.251 e. The molecule has 1 amide bonds. The number of benzene rings is 1. The van der Waals surface area contributed by atoms with Gasteiger partial charge in [-0.1, -0.05) is 24.1 Å². The van der Waals surface area contributed by atoms with Crippen LogP contribution in [-0.2, 0) is 0 Å². The van der Waals surface area contributed by atoms with Crippen LogP contribution in [0.4, 0.5) is 0 Å². The zero-order valence-electron chi connectivity index (χ0n) is 13.6. The Balaban J connectivity index is 1.67. The van der Waals surface area contributed by atoms with E-state index in [1.54, 1.807) is 6.26 Å². The third kappa shape index (κ3) is 4.02. The molecule has 0 aliphatic carbocycles. The number of carbonyl (C=O) groups is 1. The average Bonchev–Trinajstić information content (AvgIpc) is 3.10. The van der Waals surface area contributed by atoms with Crippen LogP contribution < -0.4 is 5.32 Å². The number of piperidine rings is 1. The number of furan rings is 1. The van der Waals surface area contributed by atoms with Gasteiger partial charge in [-0.15, -0.1) is 0 Å². The monoisotopic (exact) mass is 312 g/mol. The average molecular weight is 312 g/mol. The van der Waals surface area contributed by atoms with Gasteiger partial charge in [0.1, 0.15) is 5.76 Å². The van der Waals surface area contributed by atoms with Gasteiger partial charge in [0.05, 0.1) is 12.3 Å². The maximum absolute atomic E-state index is 12.4. The number of carbonyl (C=O) groups excluding carboxylic acids is 1. The first-order valence-electron chi connectivity index (χ1n) is 8.36. The second-order valence-corrected chi connectivity index (χ2v) is 6.21. The van der Waals surface area contributed by atoms with Crippen molar-refractivity contribution in [2.24, 2.45) is 0 Å². The predicted molar refractivity (Wildman–Crippen MR) is 90.4 cm³/mol. The van der Waals surface area contributed by atoms with E-state index in [0.29, 0.717) is 12.1 Å². The van der Waals surface area contributed by atoms with Gasteiger partial charge in [-0.3, -0.25) is 9.69 Å². The topological polar surface area (TPSA) is 45.5 Å². The van der Waals surface area contributed by atoms with E-state index in [-0.39, 0.29) is 11.9 Å². The molecule has 1 fully saturated rings. The van der Waals surface area contributed by atoms with E-state index in [2.05, 4.69) is 10.2 Å². The molecule has 1 aliphatic rings. The third-order valence-electron chi connectivity index (χ3n) is 4.44. The Kier molecular flexibility index (Phi) is 5.13. The van der Waals surface area contributed by atoms with Crippen LogP contribution in [0, 0.1) is 6.92 Å². The summed E-state index contributed by atoms with van der Waals surface area (Å²) < 4.78 is 5.61. The first-order valence-corrected chi connectivity index (χ1v) is 8.36. The standard InChI is InChI=1S/C19H24N2O2/c1-15-7-5-8-16(13-15)19(22)20-14-17(18-9-6-12-23-18)21-10-3-2-4-11-21/h5-9,12-13,17H,2-4,10-11,14H2,1H3,(H,20,22)/t17-/m0/s1. The zero-order valence-corrected chi connectivity index (χ0v) is 13.6. The second-order valence-electron chi connectivity index (χ2n) is 6.21. The van der Waals surface area contributed by atoms with Crippen molar-refractivity contribution in [1.82, 2.24) is 10.2 Å². The lowest BCUT2D eigenvalue weighted by Crippen LogP contribution is -2.40. The molecule has 23 heavy (non-hydrogen) atoms. The van der Waals surface area contributed by atoms with Gasteiger partial charge in [0.15, 0.2) is 0 Å². The SMILES string of the molecule is Cc1cccc(C(=O)NC[C@@H](c2ccco2)N2CCCCC2)c1. The maximum atomic E-state index is 12.4. The summed E-state index contributed by atoms with van der Waals surface area (Å²) in [5, 5.41) is 3.07. The molecule has 3 rings (SSSR count). The number of hydrogen-bond acceptors (Lipinski definition) is 3. The van der Waals surface area contributed by atoms with Gasteiger partial charge in [-0.25, -0.2) is 0 Å². The van der Waals surface area contributed by atoms with E-state index >= 15 is 0 Å². The van der Waals surface area contributed by atoms with E-state index in [4.69, 9.17) is 4.42 Å². The van der Waals surface area contributed by atoms with Crippen LogP contribution in [0.25, 0.3) is 0 Å². The number of nitrogens with one attached hydrogen (secondary N) is 1. The minimum atomic E-state index is -0.0257. The molecular weight excluding hydrogens is 288 g/mol. The van der Waals surface area contributed by atoms with Crippen LogP contribution in [0.15, 0.2) is 47.1 Å². The highest BCUT2D eigenvalue weighted by Gasteiger charge is 2.25. The Hall–Kier alpha value is -2.07. The van der Waals surface area contributed by atoms with Crippen LogP contribution in [0.1, 0.15) is 47.0 Å². The lowest BCUT2D eigenvalue weighted by Gasteiger charge is -2.33. The quantitative estimate of drug-likeness (QED) is 0.918. The fourth-order valence-corrected chi connectivity index (χ4v) is 3.20. The van der Waals surface area contributed by atoms with Crippen LogP contribution in [0.3, 0.4) is 0 Å². The van der Waals surface area contributed by atoms with Gasteiger partial charge in [0, 0.05) is 12.1 Å². The summed E-state index contributed by atoms with van der Waals surface area (Å²) >= 11 is 0. The van der Waals surface area contributed by atoms with Gasteiger partial charge in [-0.05, 0) is 57.1 Å². The number of hydrogen-bond donors (Lipinski definition) is 1. The fraction of sp³-hybridized carbons (Fsp3) is 0.421. The van der Waals surface area contributed by atoms with Crippen molar-refractivity contribution in [2.75, 3.05) is 19.6 Å². The molecule has 0 unspecified atom stereocenters. The van der Waals surface area contributed by atoms with Crippen LogP contribution in [-0.4, -0.2) is 30.4 Å². The van der Waals surface area contributed by atoms with Crippen molar-refractivity contribution < 1.29 is 9.21 Å². The normalized spacial score (nSPS) is 16.9. The van der Waals surface area contributed by atoms with Gasteiger partial charge in [-0.2, -0.15) is 0 Å². The molecule has 1 aliphatic heterocycles. The Morgan fingerprint density at radius 2 is 2.04 bits per heavy atom. The Labute approximate surface area is 137 Å². The number of likely N-dealkylation sites (tertiary alicyclic amines) is 1. The molecular formula is C19H24N2O2. The molecule has 0 spiro atoms. The largest absolute Gasteiger partial charge is 0.468 e. The Morgan fingerprint density at radius 3 is 2.74 bits per heavy atom. The molecule has 1 aromatic carbocycles. The molecule has 1 aromatic heterocycles. The lowest BCUT2D eigenvalue weighted by molar-refractivity contribution is 0.0914. The number of amides is 1. The van der Waals surface area contributed by atoms with Crippen LogP contribution in [0.2, 0.25) is 0 Å². The van der Waals surface area contributed by atoms with Crippen LogP contribution >= 0.6 is 0 Å². The van der Waals surface area contributed by atoms with Crippen molar-refractivity contribution in [1.29, 1.82) is 0 Å². The number of aryl methyl sites for hydroxylation is 1. The summed E-state index contributed by atoms with van der Waals surface area (Å²) in [5.74, 6) is 0.902. The molecule has 1 N–H and O–H groups in total. The Bertz CT molecular complexity index is 631. The third-order valence-corrected chi connectivity index (χ3v) is 4.44. The first-order chi connectivity index (χ1) is 11.2. The first kappa shape index (κ1) is 15.8. The molecule has 4 nitrogen and oxygen atoms in total. The van der Waals surface area contributed by atoms with E-state index < -0.39 is 0 Å². The molecule has 4 heteroatoms. The summed E-state index contributed by atoms with van der Waals surface area (Å²) in [6, 6.07) is 11.7. The molecule has 1 atom stereocenters. The van der Waals surface area contributed by atoms with E-state index in [1.807, 2.05) is 43.3 Å². The summed E-state index contributed by atoms with van der Waals surface area (Å²) in [7, 11) is 0. The van der Waals surface area contributed by atoms with Crippen molar-refractivity contribution in [3.63, 3.8) is 0 Å². The summed E-state index contributed by atoms with van der Waals surface area (Å²) in [5.41, 5.74) is 1.80. The van der Waals surface area contributed by atoms with Crippen molar-refractivity contribution in [3.8, 4) is 0 Å². The predicted octanol–water partition coefficient (Wildman–Crippen LogP) is 3.55. The minimum absolute atomic E-state index is 0.0257. The van der Waals surface area contributed by atoms with E-state index in [0.717, 1.165) is 24.4 Å². The molecule has 1 saturated heterocycles. The Morgan fingerprint density at radius 1 is 1.22 bits per heavy atom. The molecule has 2 aromatic rings. The zero-order chi connectivity index (χ0) is 16.1. The van der Waals surface area contributed by atoms with E-state index in [9.17, 15) is 4.79 Å². The lowest BCUT2D eigenvalue weighted by atomic mass is 10.1. The van der Waals surface area contributed by atoms with Gasteiger partial charge in [0.2, 0.25) is 0 Å². The second kappa shape index (κ2) is 7.47. The van der Waals surface area contributed by atoms with Gasteiger partial charge < -0.3 is 9.73 Å². The molecule has 0 radical (unpaired) electrons. The fourth-order valence-electron chi connectivity index (χ4n) is 3.20. The molecule has 122 valence electrons.